The van der Waals surface area contributed by atoms with Gasteiger partial charge in [0.05, 0.1) is 6.61 Å². The highest BCUT2D eigenvalue weighted by molar-refractivity contribution is 9.10. The number of benzene rings is 3. The highest BCUT2D eigenvalue weighted by Crippen LogP contribution is 2.35. The molecule has 0 unspecified atom stereocenters. The molecule has 0 radical (unpaired) electrons. The molecule has 3 aromatic carbocycles. The summed E-state index contributed by atoms with van der Waals surface area (Å²) in [6.07, 6.45) is 0. The smallest absolute Gasteiger partial charge is 0.162 e. The number of halogens is 4. The molecule has 0 aliphatic heterocycles. The minimum atomic E-state index is 0.419. The minimum absolute atomic E-state index is 0.419. The lowest BCUT2D eigenvalue weighted by molar-refractivity contribution is 0.269. The van der Waals surface area contributed by atoms with E-state index in [1.807, 2.05) is 55.5 Å². The van der Waals surface area contributed by atoms with Gasteiger partial charge in [-0.05, 0) is 60.5 Å². The van der Waals surface area contributed by atoms with E-state index in [0.717, 1.165) is 21.3 Å². The van der Waals surface area contributed by atoms with Gasteiger partial charge in [0, 0.05) is 31.8 Å². The van der Waals surface area contributed by atoms with Gasteiger partial charge in [-0.15, -0.1) is 0 Å². The van der Waals surface area contributed by atoms with E-state index >= 15 is 0 Å². The van der Waals surface area contributed by atoms with E-state index < -0.39 is 0 Å². The van der Waals surface area contributed by atoms with Gasteiger partial charge in [0.15, 0.2) is 11.5 Å². The summed E-state index contributed by atoms with van der Waals surface area (Å²) >= 11 is 21.7. The molecule has 0 amide bonds. The van der Waals surface area contributed by atoms with Gasteiger partial charge in [-0.2, -0.15) is 0 Å². The molecule has 0 saturated heterocycles. The van der Waals surface area contributed by atoms with Crippen LogP contribution >= 0.6 is 50.7 Å². The third-order valence-electron chi connectivity index (χ3n) is 4.07. The lowest BCUT2D eigenvalue weighted by Crippen LogP contribution is -2.04. The van der Waals surface area contributed by atoms with Gasteiger partial charge in [0.1, 0.15) is 6.61 Å². The van der Waals surface area contributed by atoms with Gasteiger partial charge in [-0.25, -0.2) is 0 Å². The Labute approximate surface area is 194 Å². The Kier molecular flexibility index (Phi) is 7.96. The van der Waals surface area contributed by atoms with Crippen molar-refractivity contribution in [3.63, 3.8) is 0 Å². The fourth-order valence-corrected chi connectivity index (χ4v) is 3.80. The third kappa shape index (κ3) is 6.45. The zero-order valence-electron chi connectivity index (χ0n) is 15.6. The summed E-state index contributed by atoms with van der Waals surface area (Å²) in [6, 6.07) is 16.8. The quantitative estimate of drug-likeness (QED) is 0.330. The van der Waals surface area contributed by atoms with Crippen LogP contribution in [-0.2, 0) is 13.2 Å². The van der Waals surface area contributed by atoms with Crippen molar-refractivity contribution in [1.82, 2.24) is 0 Å². The summed E-state index contributed by atoms with van der Waals surface area (Å²) in [5.74, 6) is 1.36. The molecule has 3 aromatic rings. The molecule has 3 nitrogen and oxygen atoms in total. The molecule has 0 spiro atoms. The fraction of sp³-hybridized carbons (Fsp3) is 0.182. The first kappa shape index (κ1) is 22.1. The van der Waals surface area contributed by atoms with Crippen LogP contribution in [0, 0.1) is 0 Å². The number of nitrogens with one attached hydrogen (secondary N) is 1. The Morgan fingerprint density at radius 2 is 1.48 bits per heavy atom. The van der Waals surface area contributed by atoms with Crippen LogP contribution in [0.15, 0.2) is 59.1 Å². The molecule has 0 fully saturated rings. The van der Waals surface area contributed by atoms with E-state index in [0.29, 0.717) is 46.3 Å². The monoisotopic (exact) mass is 513 g/mol. The van der Waals surface area contributed by atoms with Crippen molar-refractivity contribution < 1.29 is 9.47 Å². The first-order chi connectivity index (χ1) is 13.9. The van der Waals surface area contributed by atoms with Crippen LogP contribution in [0.2, 0.25) is 15.1 Å². The number of rotatable bonds is 8. The summed E-state index contributed by atoms with van der Waals surface area (Å²) in [7, 11) is 0. The number of ether oxygens (including phenoxy) is 2. The van der Waals surface area contributed by atoms with Crippen molar-refractivity contribution in [2.24, 2.45) is 0 Å². The first-order valence-electron chi connectivity index (χ1n) is 8.97. The topological polar surface area (TPSA) is 30.5 Å². The van der Waals surface area contributed by atoms with E-state index in [9.17, 15) is 0 Å². The average molecular weight is 516 g/mol. The summed E-state index contributed by atoms with van der Waals surface area (Å²) in [4.78, 5) is 0. The second-order valence-corrected chi connectivity index (χ2v) is 8.41. The summed E-state index contributed by atoms with van der Waals surface area (Å²) in [5, 5.41) is 5.19. The second-order valence-electron chi connectivity index (χ2n) is 6.25. The summed E-state index contributed by atoms with van der Waals surface area (Å²) in [6.45, 7) is 3.46. The van der Waals surface area contributed by atoms with Crippen LogP contribution in [0.25, 0.3) is 0 Å². The van der Waals surface area contributed by atoms with E-state index in [-0.39, 0.29) is 0 Å². The van der Waals surface area contributed by atoms with Crippen molar-refractivity contribution in [3.8, 4) is 11.5 Å². The van der Waals surface area contributed by atoms with Crippen LogP contribution in [0.4, 0.5) is 5.69 Å². The molecule has 0 aliphatic carbocycles. The molecule has 0 saturated carbocycles. The maximum absolute atomic E-state index is 6.07. The maximum atomic E-state index is 6.07. The Morgan fingerprint density at radius 1 is 0.828 bits per heavy atom. The zero-order valence-corrected chi connectivity index (χ0v) is 19.5. The van der Waals surface area contributed by atoms with Crippen LogP contribution in [0.1, 0.15) is 18.1 Å². The Morgan fingerprint density at radius 3 is 2.14 bits per heavy atom. The maximum Gasteiger partial charge on any atom is 0.162 e. The average Bonchev–Trinajstić information content (AvgIpc) is 2.67. The van der Waals surface area contributed by atoms with Gasteiger partial charge >= 0.3 is 0 Å². The minimum Gasteiger partial charge on any atom is -0.490 e. The Bertz CT molecular complexity index is 960. The van der Waals surface area contributed by atoms with E-state index in [4.69, 9.17) is 44.3 Å². The van der Waals surface area contributed by atoms with Gasteiger partial charge in [-0.1, -0.05) is 62.9 Å². The van der Waals surface area contributed by atoms with Crippen molar-refractivity contribution in [1.29, 1.82) is 0 Å². The normalized spacial score (nSPS) is 10.7. The molecule has 7 heteroatoms. The molecule has 3 rings (SSSR count). The number of hydrogen-bond donors (Lipinski definition) is 1. The summed E-state index contributed by atoms with van der Waals surface area (Å²) < 4.78 is 12.7. The van der Waals surface area contributed by atoms with Gasteiger partial charge in [0.25, 0.3) is 0 Å². The van der Waals surface area contributed by atoms with Crippen LogP contribution in [0.5, 0.6) is 11.5 Å². The summed E-state index contributed by atoms with van der Waals surface area (Å²) in [5.41, 5.74) is 2.88. The molecule has 0 aliphatic rings. The lowest BCUT2D eigenvalue weighted by Gasteiger charge is -2.16. The molecular weight excluding hydrogens is 497 g/mol. The molecule has 29 heavy (non-hydrogen) atoms. The highest BCUT2D eigenvalue weighted by Gasteiger charge is 2.12. The van der Waals surface area contributed by atoms with Crippen molar-refractivity contribution in [2.75, 3.05) is 11.9 Å². The first-order valence-corrected chi connectivity index (χ1v) is 10.9. The lowest BCUT2D eigenvalue weighted by atomic mass is 10.2. The zero-order chi connectivity index (χ0) is 20.8. The molecule has 152 valence electrons. The molecule has 0 atom stereocenters. The standard InChI is InChI=1S/C22H19BrCl3NO2/c1-2-28-21-7-15(12-27-19-9-17(25)8-18(26)10-19)20(23)11-22(21)29-13-14-3-5-16(24)6-4-14/h3-11,27H,2,12-13H2,1H3. The van der Waals surface area contributed by atoms with E-state index in [2.05, 4.69) is 21.2 Å². The van der Waals surface area contributed by atoms with Gasteiger partial charge < -0.3 is 14.8 Å². The van der Waals surface area contributed by atoms with Crippen molar-refractivity contribution >= 4 is 56.4 Å². The Balaban J connectivity index is 1.75. The van der Waals surface area contributed by atoms with Crippen molar-refractivity contribution in [2.45, 2.75) is 20.1 Å². The highest BCUT2D eigenvalue weighted by atomic mass is 79.9. The molecule has 0 heterocycles. The van der Waals surface area contributed by atoms with E-state index in [1.165, 1.54) is 0 Å². The van der Waals surface area contributed by atoms with Gasteiger partial charge in [-0.3, -0.25) is 0 Å². The number of anilines is 1. The van der Waals surface area contributed by atoms with Gasteiger partial charge in [0.2, 0.25) is 0 Å². The van der Waals surface area contributed by atoms with Crippen LogP contribution in [0.3, 0.4) is 0 Å². The second kappa shape index (κ2) is 10.4. The Hall–Kier alpha value is -1.59. The van der Waals surface area contributed by atoms with Crippen molar-refractivity contribution in [3.05, 3.63) is 85.3 Å². The molecular formula is C22H19BrCl3NO2. The SMILES string of the molecule is CCOc1cc(CNc2cc(Cl)cc(Cl)c2)c(Br)cc1OCc1ccc(Cl)cc1. The van der Waals surface area contributed by atoms with Crippen LogP contribution < -0.4 is 14.8 Å². The predicted octanol–water partition coefficient (Wildman–Crippen LogP) is 8.00. The molecule has 0 bridgehead atoms. The largest absolute Gasteiger partial charge is 0.490 e. The van der Waals surface area contributed by atoms with E-state index in [1.54, 1.807) is 6.07 Å². The third-order valence-corrected chi connectivity index (χ3v) is 5.49. The van der Waals surface area contributed by atoms with Crippen LogP contribution in [-0.4, -0.2) is 6.61 Å². The fourth-order valence-electron chi connectivity index (χ4n) is 2.69. The molecule has 1 N–H and O–H groups in total. The number of hydrogen-bond acceptors (Lipinski definition) is 3. The molecule has 0 aromatic heterocycles. The predicted molar refractivity (Wildman–Crippen MR) is 125 cm³/mol.